The fourth-order valence-corrected chi connectivity index (χ4v) is 2.00. The Morgan fingerprint density at radius 2 is 1.63 bits per heavy atom. The number of rotatable bonds is 10. The van der Waals surface area contributed by atoms with Gasteiger partial charge in [-0.05, 0) is 30.6 Å². The van der Waals surface area contributed by atoms with E-state index in [1.54, 1.807) is 0 Å². The number of aliphatic carboxylic acids is 1. The maximum atomic E-state index is 11.4. The first-order chi connectivity index (χ1) is 8.81. The van der Waals surface area contributed by atoms with E-state index in [1.165, 1.54) is 0 Å². The van der Waals surface area contributed by atoms with Crippen LogP contribution in [0.25, 0.3) is 0 Å². The summed E-state index contributed by atoms with van der Waals surface area (Å²) in [5.74, 6) is 0.250. The largest absolute Gasteiger partial charge is 0.481 e. The molecule has 0 aromatic rings. The number of carboxylic acids is 1. The van der Waals surface area contributed by atoms with Crippen molar-refractivity contribution in [3.05, 3.63) is 0 Å². The molecule has 4 heteroatoms. The molecule has 112 valence electrons. The van der Waals surface area contributed by atoms with Gasteiger partial charge >= 0.3 is 11.9 Å². The lowest BCUT2D eigenvalue weighted by molar-refractivity contribution is -0.149. The zero-order valence-corrected chi connectivity index (χ0v) is 12.6. The molecule has 1 N–H and O–H groups in total. The minimum atomic E-state index is -0.963. The highest BCUT2D eigenvalue weighted by Crippen LogP contribution is 2.20. The van der Waals surface area contributed by atoms with Gasteiger partial charge in [0.1, 0.15) is 0 Å². The number of carbonyl (C=O) groups is 2. The van der Waals surface area contributed by atoms with E-state index in [-0.39, 0.29) is 12.8 Å². The summed E-state index contributed by atoms with van der Waals surface area (Å²) in [5.41, 5.74) is 0. The molecule has 0 fully saturated rings. The van der Waals surface area contributed by atoms with Gasteiger partial charge in [0.05, 0.1) is 19.4 Å². The molecule has 0 rings (SSSR count). The molecule has 0 radical (unpaired) electrons. The van der Waals surface area contributed by atoms with Crippen LogP contribution in [0.3, 0.4) is 0 Å². The SMILES string of the molecule is CC(C)CCC(COC(=O)CCC(=O)O)CC(C)C. The summed E-state index contributed by atoms with van der Waals surface area (Å²) in [6.07, 6.45) is 3.04. The second kappa shape index (κ2) is 9.82. The van der Waals surface area contributed by atoms with Crippen LogP contribution in [0.4, 0.5) is 0 Å². The fourth-order valence-electron chi connectivity index (χ4n) is 2.00. The Balaban J connectivity index is 4.02. The molecule has 0 aromatic carbocycles. The molecule has 0 amide bonds. The summed E-state index contributed by atoms with van der Waals surface area (Å²) >= 11 is 0. The minimum Gasteiger partial charge on any atom is -0.481 e. The Hall–Kier alpha value is -1.06. The van der Waals surface area contributed by atoms with Gasteiger partial charge in [0.2, 0.25) is 0 Å². The second-order valence-electron chi connectivity index (χ2n) is 6.04. The lowest BCUT2D eigenvalue weighted by atomic mass is 9.91. The van der Waals surface area contributed by atoms with Crippen molar-refractivity contribution in [2.24, 2.45) is 17.8 Å². The summed E-state index contributed by atoms with van der Waals surface area (Å²) in [4.78, 5) is 21.7. The third-order valence-electron chi connectivity index (χ3n) is 2.98. The van der Waals surface area contributed by atoms with E-state index < -0.39 is 11.9 Å². The molecular weight excluding hydrogens is 244 g/mol. The zero-order valence-electron chi connectivity index (χ0n) is 12.6. The van der Waals surface area contributed by atoms with Crippen LogP contribution in [0.1, 0.15) is 59.8 Å². The lowest BCUT2D eigenvalue weighted by Crippen LogP contribution is -2.17. The molecule has 0 aliphatic rings. The molecule has 0 heterocycles. The average molecular weight is 272 g/mol. The van der Waals surface area contributed by atoms with Crippen LogP contribution in [0, 0.1) is 17.8 Å². The predicted molar refractivity (Wildman–Crippen MR) is 74.8 cm³/mol. The summed E-state index contributed by atoms with van der Waals surface area (Å²) in [6.45, 7) is 9.11. The standard InChI is InChI=1S/C15H28O4/c1-11(2)5-6-13(9-12(3)4)10-19-15(18)8-7-14(16)17/h11-13H,5-10H2,1-4H3,(H,16,17). The van der Waals surface area contributed by atoms with E-state index in [1.807, 2.05) is 0 Å². The van der Waals surface area contributed by atoms with Gasteiger partial charge in [0.15, 0.2) is 0 Å². The van der Waals surface area contributed by atoms with E-state index in [4.69, 9.17) is 9.84 Å². The van der Waals surface area contributed by atoms with Crippen molar-refractivity contribution in [3.8, 4) is 0 Å². The minimum absolute atomic E-state index is 0.0338. The highest BCUT2D eigenvalue weighted by atomic mass is 16.5. The lowest BCUT2D eigenvalue weighted by Gasteiger charge is -2.19. The van der Waals surface area contributed by atoms with Crippen molar-refractivity contribution in [2.75, 3.05) is 6.61 Å². The van der Waals surface area contributed by atoms with E-state index in [0.717, 1.165) is 19.3 Å². The van der Waals surface area contributed by atoms with Gasteiger partial charge in [0, 0.05) is 0 Å². The fraction of sp³-hybridized carbons (Fsp3) is 0.867. The van der Waals surface area contributed by atoms with Gasteiger partial charge in [0.25, 0.3) is 0 Å². The molecule has 4 nitrogen and oxygen atoms in total. The number of esters is 1. The highest BCUT2D eigenvalue weighted by Gasteiger charge is 2.15. The van der Waals surface area contributed by atoms with Gasteiger partial charge in [-0.25, -0.2) is 0 Å². The first-order valence-corrected chi connectivity index (χ1v) is 7.18. The first kappa shape index (κ1) is 17.9. The second-order valence-corrected chi connectivity index (χ2v) is 6.04. The molecule has 0 bridgehead atoms. The normalized spacial score (nSPS) is 12.7. The summed E-state index contributed by atoms with van der Waals surface area (Å²) in [5, 5.41) is 8.50. The van der Waals surface area contributed by atoms with Crippen LogP contribution < -0.4 is 0 Å². The molecular formula is C15H28O4. The van der Waals surface area contributed by atoms with Gasteiger partial charge in [-0.15, -0.1) is 0 Å². The Labute approximate surface area is 116 Å². The van der Waals surface area contributed by atoms with Crippen LogP contribution in [-0.2, 0) is 14.3 Å². The Morgan fingerprint density at radius 3 is 2.11 bits per heavy atom. The van der Waals surface area contributed by atoms with Crippen LogP contribution in [0.5, 0.6) is 0 Å². The topological polar surface area (TPSA) is 63.6 Å². The van der Waals surface area contributed by atoms with Crippen LogP contribution in [0.15, 0.2) is 0 Å². The van der Waals surface area contributed by atoms with Crippen molar-refractivity contribution in [2.45, 2.75) is 59.8 Å². The van der Waals surface area contributed by atoms with E-state index in [2.05, 4.69) is 27.7 Å². The van der Waals surface area contributed by atoms with E-state index in [0.29, 0.717) is 24.4 Å². The Bertz CT molecular complexity index is 271. The first-order valence-electron chi connectivity index (χ1n) is 7.18. The molecule has 0 saturated heterocycles. The van der Waals surface area contributed by atoms with Gasteiger partial charge in [-0.1, -0.05) is 34.1 Å². The van der Waals surface area contributed by atoms with Gasteiger partial charge in [-0.3, -0.25) is 9.59 Å². The molecule has 0 aromatic heterocycles. The molecule has 0 saturated carbocycles. The maximum Gasteiger partial charge on any atom is 0.306 e. The van der Waals surface area contributed by atoms with E-state index >= 15 is 0 Å². The van der Waals surface area contributed by atoms with Crippen molar-refractivity contribution in [3.63, 3.8) is 0 Å². The smallest absolute Gasteiger partial charge is 0.306 e. The molecule has 19 heavy (non-hydrogen) atoms. The Morgan fingerprint density at radius 1 is 1.00 bits per heavy atom. The van der Waals surface area contributed by atoms with Crippen LogP contribution in [-0.4, -0.2) is 23.7 Å². The number of hydrogen-bond donors (Lipinski definition) is 1. The molecule has 1 atom stereocenters. The van der Waals surface area contributed by atoms with Gasteiger partial charge in [-0.2, -0.15) is 0 Å². The highest BCUT2D eigenvalue weighted by molar-refractivity contribution is 5.76. The monoisotopic (exact) mass is 272 g/mol. The summed E-state index contributed by atoms with van der Waals surface area (Å²) in [7, 11) is 0. The van der Waals surface area contributed by atoms with Crippen molar-refractivity contribution in [1.82, 2.24) is 0 Å². The summed E-state index contributed by atoms with van der Waals surface area (Å²) < 4.78 is 5.19. The van der Waals surface area contributed by atoms with E-state index in [9.17, 15) is 9.59 Å². The third-order valence-corrected chi connectivity index (χ3v) is 2.98. The van der Waals surface area contributed by atoms with Crippen molar-refractivity contribution in [1.29, 1.82) is 0 Å². The molecule has 0 spiro atoms. The van der Waals surface area contributed by atoms with Gasteiger partial charge < -0.3 is 9.84 Å². The number of carbonyl (C=O) groups excluding carboxylic acids is 1. The predicted octanol–water partition coefficient (Wildman–Crippen LogP) is 3.49. The number of carboxylic acid groups (broad SMARTS) is 1. The molecule has 0 aliphatic heterocycles. The zero-order chi connectivity index (χ0) is 14.8. The Kier molecular flexibility index (Phi) is 9.27. The maximum absolute atomic E-state index is 11.4. The van der Waals surface area contributed by atoms with Crippen molar-refractivity contribution >= 4 is 11.9 Å². The van der Waals surface area contributed by atoms with Crippen LogP contribution >= 0.6 is 0 Å². The number of hydrogen-bond acceptors (Lipinski definition) is 3. The number of ether oxygens (including phenoxy) is 1. The van der Waals surface area contributed by atoms with Crippen LogP contribution in [0.2, 0.25) is 0 Å². The molecule has 0 aliphatic carbocycles. The summed E-state index contributed by atoms with van der Waals surface area (Å²) in [6, 6.07) is 0. The van der Waals surface area contributed by atoms with Crippen molar-refractivity contribution < 1.29 is 19.4 Å². The quantitative estimate of drug-likeness (QED) is 0.618. The third kappa shape index (κ3) is 11.7. The molecule has 1 unspecified atom stereocenters. The average Bonchev–Trinajstić information content (AvgIpc) is 2.29.